The number of urea groups is 1. The summed E-state index contributed by atoms with van der Waals surface area (Å²) >= 11 is 0. The summed E-state index contributed by atoms with van der Waals surface area (Å²) in [6.07, 6.45) is 0. The molecular weight excluding hydrogens is 324 g/mol. The minimum Gasteiger partial charge on any atom is -0.368 e. The van der Waals surface area contributed by atoms with Crippen LogP contribution in [-0.4, -0.2) is 37.1 Å². The Kier molecular flexibility index (Phi) is 4.88. The van der Waals surface area contributed by atoms with Crippen molar-refractivity contribution >= 4 is 17.4 Å². The van der Waals surface area contributed by atoms with E-state index in [9.17, 15) is 13.6 Å². The molecule has 0 unspecified atom stereocenters. The molecule has 2 aromatic carbocycles. The lowest BCUT2D eigenvalue weighted by Crippen LogP contribution is -2.50. The zero-order chi connectivity index (χ0) is 18.0. The van der Waals surface area contributed by atoms with Gasteiger partial charge >= 0.3 is 6.03 Å². The molecule has 1 saturated heterocycles. The molecule has 6 heteroatoms. The summed E-state index contributed by atoms with van der Waals surface area (Å²) in [5.74, 6) is -1.71. The number of nitrogens with zero attached hydrogens (tertiary/aromatic N) is 2. The molecule has 1 fully saturated rings. The van der Waals surface area contributed by atoms with Crippen LogP contribution in [0.15, 0.2) is 36.4 Å². The Morgan fingerprint density at radius 1 is 1.00 bits per heavy atom. The lowest BCUT2D eigenvalue weighted by Gasteiger charge is -2.36. The predicted molar refractivity (Wildman–Crippen MR) is 95.1 cm³/mol. The van der Waals surface area contributed by atoms with Gasteiger partial charge in [-0.05, 0) is 43.2 Å². The van der Waals surface area contributed by atoms with E-state index in [1.165, 1.54) is 6.07 Å². The molecule has 0 spiro atoms. The number of carbonyl (C=O) groups is 1. The fraction of sp³-hybridized carbons (Fsp3) is 0.316. The molecule has 1 aliphatic rings. The molecule has 0 aliphatic carbocycles. The Hall–Kier alpha value is -2.63. The summed E-state index contributed by atoms with van der Waals surface area (Å²) in [4.78, 5) is 16.1. The van der Waals surface area contributed by atoms with E-state index in [1.54, 1.807) is 11.0 Å². The molecule has 0 bridgehead atoms. The van der Waals surface area contributed by atoms with Crippen LogP contribution in [0.1, 0.15) is 11.1 Å². The number of amides is 2. The molecule has 0 atom stereocenters. The highest BCUT2D eigenvalue weighted by molar-refractivity contribution is 5.90. The van der Waals surface area contributed by atoms with Crippen LogP contribution in [0.5, 0.6) is 0 Å². The Morgan fingerprint density at radius 2 is 1.72 bits per heavy atom. The number of anilines is 2. The first-order valence-electron chi connectivity index (χ1n) is 8.28. The molecule has 0 radical (unpaired) electrons. The van der Waals surface area contributed by atoms with Gasteiger partial charge in [-0.15, -0.1) is 0 Å². The van der Waals surface area contributed by atoms with Crippen molar-refractivity contribution in [2.75, 3.05) is 36.4 Å². The number of hydrogen-bond acceptors (Lipinski definition) is 2. The van der Waals surface area contributed by atoms with E-state index >= 15 is 0 Å². The predicted octanol–water partition coefficient (Wildman–Crippen LogP) is 3.94. The maximum absolute atomic E-state index is 13.4. The highest BCUT2D eigenvalue weighted by atomic mass is 19.2. The van der Waals surface area contributed by atoms with Crippen LogP contribution in [0.2, 0.25) is 0 Å². The molecule has 0 aromatic heterocycles. The first-order valence-corrected chi connectivity index (χ1v) is 8.28. The van der Waals surface area contributed by atoms with Crippen molar-refractivity contribution in [2.24, 2.45) is 0 Å². The quantitative estimate of drug-likeness (QED) is 0.895. The molecule has 2 amide bonds. The van der Waals surface area contributed by atoms with Gasteiger partial charge < -0.3 is 15.1 Å². The van der Waals surface area contributed by atoms with Crippen LogP contribution >= 0.6 is 0 Å². The van der Waals surface area contributed by atoms with Crippen molar-refractivity contribution in [3.8, 4) is 0 Å². The van der Waals surface area contributed by atoms with E-state index in [-0.39, 0.29) is 6.03 Å². The normalized spacial score (nSPS) is 14.6. The zero-order valence-electron chi connectivity index (χ0n) is 14.4. The zero-order valence-corrected chi connectivity index (χ0v) is 14.4. The number of rotatable bonds is 2. The molecule has 1 aliphatic heterocycles. The summed E-state index contributed by atoms with van der Waals surface area (Å²) in [5.41, 5.74) is 3.62. The number of benzene rings is 2. The Morgan fingerprint density at radius 3 is 2.40 bits per heavy atom. The number of halogens is 2. The Labute approximate surface area is 146 Å². The number of nitrogens with one attached hydrogen (secondary N) is 1. The maximum Gasteiger partial charge on any atom is 0.321 e. The van der Waals surface area contributed by atoms with Crippen molar-refractivity contribution in [2.45, 2.75) is 13.8 Å². The SMILES string of the molecule is Cc1cccc(NC(=O)N2CCN(c3ccc(F)c(F)c3)CC2)c1C. The number of hydrogen-bond donors (Lipinski definition) is 1. The van der Waals surface area contributed by atoms with Crippen molar-refractivity contribution in [1.29, 1.82) is 0 Å². The summed E-state index contributed by atoms with van der Waals surface area (Å²) in [6, 6.07) is 9.55. The molecule has 2 aromatic rings. The van der Waals surface area contributed by atoms with E-state index in [4.69, 9.17) is 0 Å². The third-order valence-electron chi connectivity index (χ3n) is 4.68. The van der Waals surface area contributed by atoms with Gasteiger partial charge in [0.25, 0.3) is 0 Å². The van der Waals surface area contributed by atoms with E-state index in [2.05, 4.69) is 5.32 Å². The number of piperazine rings is 1. The van der Waals surface area contributed by atoms with Gasteiger partial charge in [0.05, 0.1) is 0 Å². The van der Waals surface area contributed by atoms with E-state index in [1.807, 2.05) is 36.9 Å². The van der Waals surface area contributed by atoms with Crippen molar-refractivity contribution < 1.29 is 13.6 Å². The van der Waals surface area contributed by atoms with Crippen molar-refractivity contribution in [3.05, 3.63) is 59.2 Å². The first-order chi connectivity index (χ1) is 12.0. The van der Waals surface area contributed by atoms with Gasteiger partial charge in [0, 0.05) is 43.6 Å². The number of aryl methyl sites for hydroxylation is 1. The monoisotopic (exact) mass is 345 g/mol. The molecule has 132 valence electrons. The Balaban J connectivity index is 1.60. The summed E-state index contributed by atoms with van der Waals surface area (Å²) < 4.78 is 26.4. The minimum absolute atomic E-state index is 0.140. The third-order valence-corrected chi connectivity index (χ3v) is 4.68. The van der Waals surface area contributed by atoms with Gasteiger partial charge in [-0.3, -0.25) is 0 Å². The Bertz CT molecular complexity index is 786. The second-order valence-electron chi connectivity index (χ2n) is 6.25. The van der Waals surface area contributed by atoms with Gasteiger partial charge in [0.1, 0.15) is 0 Å². The van der Waals surface area contributed by atoms with E-state index in [0.29, 0.717) is 31.9 Å². The van der Waals surface area contributed by atoms with Crippen LogP contribution < -0.4 is 10.2 Å². The highest BCUT2D eigenvalue weighted by Crippen LogP contribution is 2.21. The van der Waals surface area contributed by atoms with Crippen LogP contribution in [0.3, 0.4) is 0 Å². The van der Waals surface area contributed by atoms with E-state index in [0.717, 1.165) is 22.9 Å². The number of carbonyl (C=O) groups excluding carboxylic acids is 1. The highest BCUT2D eigenvalue weighted by Gasteiger charge is 2.22. The summed E-state index contributed by atoms with van der Waals surface area (Å²) in [7, 11) is 0. The molecule has 0 saturated carbocycles. The van der Waals surface area contributed by atoms with Crippen molar-refractivity contribution in [1.82, 2.24) is 4.90 Å². The molecular formula is C19H21F2N3O. The smallest absolute Gasteiger partial charge is 0.321 e. The fourth-order valence-electron chi connectivity index (χ4n) is 2.93. The largest absolute Gasteiger partial charge is 0.368 e. The maximum atomic E-state index is 13.4. The van der Waals surface area contributed by atoms with Gasteiger partial charge in [-0.25, -0.2) is 13.6 Å². The second-order valence-corrected chi connectivity index (χ2v) is 6.25. The van der Waals surface area contributed by atoms with Crippen LogP contribution in [0.25, 0.3) is 0 Å². The van der Waals surface area contributed by atoms with Crippen molar-refractivity contribution in [3.63, 3.8) is 0 Å². The van der Waals surface area contributed by atoms with Gasteiger partial charge in [0.2, 0.25) is 0 Å². The van der Waals surface area contributed by atoms with Gasteiger partial charge in [0.15, 0.2) is 11.6 Å². The fourth-order valence-corrected chi connectivity index (χ4v) is 2.93. The van der Waals surface area contributed by atoms with Gasteiger partial charge in [-0.2, -0.15) is 0 Å². The summed E-state index contributed by atoms with van der Waals surface area (Å²) in [5, 5.41) is 2.95. The molecule has 1 N–H and O–H groups in total. The average molecular weight is 345 g/mol. The van der Waals surface area contributed by atoms with E-state index < -0.39 is 11.6 Å². The molecule has 25 heavy (non-hydrogen) atoms. The lowest BCUT2D eigenvalue weighted by molar-refractivity contribution is 0.208. The van der Waals surface area contributed by atoms with Crippen LogP contribution in [0, 0.1) is 25.5 Å². The van der Waals surface area contributed by atoms with Crippen LogP contribution in [0.4, 0.5) is 25.0 Å². The molecule has 1 heterocycles. The average Bonchev–Trinajstić information content (AvgIpc) is 2.61. The third kappa shape index (κ3) is 3.73. The molecule has 4 nitrogen and oxygen atoms in total. The summed E-state index contributed by atoms with van der Waals surface area (Å²) in [6.45, 7) is 6.18. The standard InChI is InChI=1S/C19H21F2N3O/c1-13-4-3-5-18(14(13)2)22-19(25)24-10-8-23(9-11-24)15-6-7-16(20)17(21)12-15/h3-7,12H,8-11H2,1-2H3,(H,22,25). The molecule has 3 rings (SSSR count). The second kappa shape index (κ2) is 7.09. The minimum atomic E-state index is -0.854. The first kappa shape index (κ1) is 17.2. The van der Waals surface area contributed by atoms with Crippen LogP contribution in [-0.2, 0) is 0 Å². The lowest BCUT2D eigenvalue weighted by atomic mass is 10.1. The topological polar surface area (TPSA) is 35.6 Å². The van der Waals surface area contributed by atoms with Gasteiger partial charge in [-0.1, -0.05) is 12.1 Å².